The summed E-state index contributed by atoms with van der Waals surface area (Å²) in [6, 6.07) is 2.29. The summed E-state index contributed by atoms with van der Waals surface area (Å²) in [6.07, 6.45) is 4.99. The van der Waals surface area contributed by atoms with Crippen molar-refractivity contribution in [3.05, 3.63) is 17.5 Å². The molecule has 1 aliphatic rings. The van der Waals surface area contributed by atoms with E-state index in [1.54, 1.807) is 0 Å². The van der Waals surface area contributed by atoms with Gasteiger partial charge in [0.05, 0.1) is 5.69 Å². The average molecular weight is 178 g/mol. The molecule has 1 aliphatic heterocycles. The van der Waals surface area contributed by atoms with Gasteiger partial charge in [0.1, 0.15) is 0 Å². The van der Waals surface area contributed by atoms with Crippen molar-refractivity contribution in [2.45, 2.75) is 46.1 Å². The Hall–Kier alpha value is -0.790. The third-order valence-corrected chi connectivity index (χ3v) is 2.58. The third-order valence-electron chi connectivity index (χ3n) is 2.58. The number of hydrogen-bond donors (Lipinski definition) is 0. The molecular weight excluding hydrogens is 160 g/mol. The summed E-state index contributed by atoms with van der Waals surface area (Å²) in [4.78, 5) is 0. The molecule has 2 nitrogen and oxygen atoms in total. The second kappa shape index (κ2) is 3.52. The number of aromatic nitrogens is 2. The maximum Gasteiger partial charge on any atom is 0.0630 e. The van der Waals surface area contributed by atoms with E-state index in [0.717, 1.165) is 18.9 Å². The lowest BCUT2D eigenvalue weighted by atomic mass is 10.1. The van der Waals surface area contributed by atoms with Crippen LogP contribution in [0.25, 0.3) is 0 Å². The molecule has 0 bridgehead atoms. The van der Waals surface area contributed by atoms with Gasteiger partial charge in [0.15, 0.2) is 0 Å². The zero-order chi connectivity index (χ0) is 9.26. The first-order valence-electron chi connectivity index (χ1n) is 5.31. The Bertz CT molecular complexity index is 263. The first-order valence-corrected chi connectivity index (χ1v) is 5.31. The minimum atomic E-state index is 0.719. The van der Waals surface area contributed by atoms with Crippen LogP contribution in [-0.4, -0.2) is 9.78 Å². The van der Waals surface area contributed by atoms with Crippen LogP contribution >= 0.6 is 0 Å². The Labute approximate surface area is 80.0 Å². The van der Waals surface area contributed by atoms with Gasteiger partial charge in [0.2, 0.25) is 0 Å². The lowest BCUT2D eigenvalue weighted by Crippen LogP contribution is -2.10. The number of hydrogen-bond acceptors (Lipinski definition) is 1. The molecule has 0 unspecified atom stereocenters. The molecule has 0 N–H and O–H groups in total. The van der Waals surface area contributed by atoms with Gasteiger partial charge in [-0.15, -0.1) is 0 Å². The molecule has 0 aliphatic carbocycles. The average Bonchev–Trinajstić information content (AvgIpc) is 2.44. The van der Waals surface area contributed by atoms with E-state index >= 15 is 0 Å². The summed E-state index contributed by atoms with van der Waals surface area (Å²) < 4.78 is 2.20. The lowest BCUT2D eigenvalue weighted by molar-refractivity contribution is 0.480. The van der Waals surface area contributed by atoms with Crippen molar-refractivity contribution < 1.29 is 0 Å². The van der Waals surface area contributed by atoms with Crippen molar-refractivity contribution in [3.8, 4) is 0 Å². The van der Waals surface area contributed by atoms with E-state index in [4.69, 9.17) is 0 Å². The number of nitrogens with zero attached hydrogens (tertiary/aromatic N) is 2. The highest BCUT2D eigenvalue weighted by Gasteiger charge is 2.12. The molecule has 0 atom stereocenters. The smallest absolute Gasteiger partial charge is 0.0630 e. The van der Waals surface area contributed by atoms with Gasteiger partial charge in [-0.1, -0.05) is 13.8 Å². The molecule has 1 aromatic heterocycles. The third kappa shape index (κ3) is 1.93. The van der Waals surface area contributed by atoms with Crippen LogP contribution < -0.4 is 0 Å². The predicted molar refractivity (Wildman–Crippen MR) is 53.7 cm³/mol. The van der Waals surface area contributed by atoms with Gasteiger partial charge in [-0.05, 0) is 37.7 Å². The molecule has 0 saturated heterocycles. The Morgan fingerprint density at radius 2 is 2.31 bits per heavy atom. The molecule has 2 heteroatoms. The molecule has 0 fully saturated rings. The topological polar surface area (TPSA) is 17.8 Å². The molecule has 0 spiro atoms. The van der Waals surface area contributed by atoms with Crippen LogP contribution in [0.4, 0.5) is 0 Å². The van der Waals surface area contributed by atoms with Crippen molar-refractivity contribution in [3.63, 3.8) is 0 Å². The summed E-state index contributed by atoms with van der Waals surface area (Å²) in [5.41, 5.74) is 2.73. The normalized spacial score (nSPS) is 16.2. The second-order valence-corrected chi connectivity index (χ2v) is 4.41. The molecule has 2 heterocycles. The van der Waals surface area contributed by atoms with Crippen molar-refractivity contribution in [1.82, 2.24) is 9.78 Å². The summed E-state index contributed by atoms with van der Waals surface area (Å²) in [7, 11) is 0. The molecule has 72 valence electrons. The highest BCUT2D eigenvalue weighted by molar-refractivity contribution is 5.12. The second-order valence-electron chi connectivity index (χ2n) is 4.41. The monoisotopic (exact) mass is 178 g/mol. The first-order chi connectivity index (χ1) is 6.25. The fraction of sp³-hybridized carbons (Fsp3) is 0.727. The van der Waals surface area contributed by atoms with E-state index in [0.29, 0.717) is 0 Å². The van der Waals surface area contributed by atoms with Gasteiger partial charge >= 0.3 is 0 Å². The van der Waals surface area contributed by atoms with Crippen molar-refractivity contribution in [2.75, 3.05) is 0 Å². The first kappa shape index (κ1) is 8.79. The minimum absolute atomic E-state index is 0.719. The van der Waals surface area contributed by atoms with Crippen LogP contribution in [0.1, 0.15) is 38.1 Å². The number of rotatable bonds is 2. The van der Waals surface area contributed by atoms with E-state index in [1.165, 1.54) is 30.7 Å². The van der Waals surface area contributed by atoms with E-state index in [1.807, 2.05) is 0 Å². The van der Waals surface area contributed by atoms with Gasteiger partial charge in [0, 0.05) is 12.2 Å². The molecule has 0 saturated carbocycles. The summed E-state index contributed by atoms with van der Waals surface area (Å²) in [5, 5.41) is 4.61. The van der Waals surface area contributed by atoms with Crippen LogP contribution in [0.3, 0.4) is 0 Å². The molecule has 0 aromatic carbocycles. The highest BCUT2D eigenvalue weighted by Crippen LogP contribution is 2.16. The molecule has 0 amide bonds. The lowest BCUT2D eigenvalue weighted by Gasteiger charge is -2.11. The molecular formula is C11H18N2. The van der Waals surface area contributed by atoms with Gasteiger partial charge in [-0.2, -0.15) is 5.10 Å². The quantitative estimate of drug-likeness (QED) is 0.680. The van der Waals surface area contributed by atoms with E-state index in [9.17, 15) is 0 Å². The Kier molecular flexibility index (Phi) is 2.38. The van der Waals surface area contributed by atoms with Crippen LogP contribution in [0.15, 0.2) is 6.07 Å². The molecule has 2 rings (SSSR count). The van der Waals surface area contributed by atoms with Crippen LogP contribution in [0.2, 0.25) is 0 Å². The largest absolute Gasteiger partial charge is 0.269 e. The van der Waals surface area contributed by atoms with Crippen LogP contribution in [0, 0.1) is 5.92 Å². The standard InChI is InChI=1S/C11H18N2/c1-9(2)7-10-8-11-5-3-4-6-13(11)12-10/h8-9H,3-7H2,1-2H3. The van der Waals surface area contributed by atoms with Gasteiger partial charge in [-0.3, -0.25) is 4.68 Å². The summed E-state index contributed by atoms with van der Waals surface area (Å²) in [5.74, 6) is 0.719. The fourth-order valence-corrected chi connectivity index (χ4v) is 2.00. The predicted octanol–water partition coefficient (Wildman–Crippen LogP) is 2.42. The van der Waals surface area contributed by atoms with Gasteiger partial charge in [0.25, 0.3) is 0 Å². The van der Waals surface area contributed by atoms with E-state index < -0.39 is 0 Å². The summed E-state index contributed by atoms with van der Waals surface area (Å²) >= 11 is 0. The minimum Gasteiger partial charge on any atom is -0.269 e. The van der Waals surface area contributed by atoms with Crippen molar-refractivity contribution in [1.29, 1.82) is 0 Å². The molecule has 0 radical (unpaired) electrons. The van der Waals surface area contributed by atoms with E-state index in [-0.39, 0.29) is 0 Å². The Morgan fingerprint density at radius 3 is 3.00 bits per heavy atom. The van der Waals surface area contributed by atoms with Gasteiger partial charge < -0.3 is 0 Å². The Balaban J connectivity index is 2.15. The zero-order valence-corrected chi connectivity index (χ0v) is 8.58. The summed E-state index contributed by atoms with van der Waals surface area (Å²) in [6.45, 7) is 5.63. The SMILES string of the molecule is CC(C)Cc1cc2n(n1)CCCC2. The molecule has 1 aromatic rings. The Morgan fingerprint density at radius 1 is 1.46 bits per heavy atom. The molecule has 13 heavy (non-hydrogen) atoms. The number of fused-ring (bicyclic) bond motifs is 1. The van der Waals surface area contributed by atoms with E-state index in [2.05, 4.69) is 29.7 Å². The maximum atomic E-state index is 4.61. The highest BCUT2D eigenvalue weighted by atomic mass is 15.3. The van der Waals surface area contributed by atoms with Crippen molar-refractivity contribution >= 4 is 0 Å². The van der Waals surface area contributed by atoms with Crippen LogP contribution in [-0.2, 0) is 19.4 Å². The zero-order valence-electron chi connectivity index (χ0n) is 8.58. The maximum absolute atomic E-state index is 4.61. The van der Waals surface area contributed by atoms with Crippen LogP contribution in [0.5, 0.6) is 0 Å². The van der Waals surface area contributed by atoms with Gasteiger partial charge in [-0.25, -0.2) is 0 Å². The van der Waals surface area contributed by atoms with Crippen molar-refractivity contribution in [2.24, 2.45) is 5.92 Å². The fourth-order valence-electron chi connectivity index (χ4n) is 2.00. The number of aryl methyl sites for hydroxylation is 2.